The zero-order valence-corrected chi connectivity index (χ0v) is 12.8. The third-order valence-electron chi connectivity index (χ3n) is 5.31. The van der Waals surface area contributed by atoms with Crippen LogP contribution in [0.4, 0.5) is 0 Å². The predicted octanol–water partition coefficient (Wildman–Crippen LogP) is 3.70. The summed E-state index contributed by atoms with van der Waals surface area (Å²) in [5.41, 5.74) is 0.561. The van der Waals surface area contributed by atoms with Crippen LogP contribution in [0.5, 0.6) is 0 Å². The van der Waals surface area contributed by atoms with Gasteiger partial charge in [0.2, 0.25) is 0 Å². The van der Waals surface area contributed by atoms with Crippen molar-refractivity contribution in [2.75, 3.05) is 19.3 Å². The van der Waals surface area contributed by atoms with Gasteiger partial charge >= 0.3 is 0 Å². The fourth-order valence-corrected chi connectivity index (χ4v) is 5.50. The Kier molecular flexibility index (Phi) is 3.93. The number of aliphatic imine (C=N–C) groups is 1. The van der Waals surface area contributed by atoms with Crippen LogP contribution in [0.25, 0.3) is 0 Å². The highest BCUT2D eigenvalue weighted by atomic mass is 32.2. The molecule has 4 bridgehead atoms. The fourth-order valence-electron chi connectivity index (χ4n) is 5.08. The van der Waals surface area contributed by atoms with Gasteiger partial charge < -0.3 is 5.32 Å². The lowest BCUT2D eigenvalue weighted by Gasteiger charge is -2.56. The molecule has 0 radical (unpaired) electrons. The van der Waals surface area contributed by atoms with E-state index in [1.165, 1.54) is 38.5 Å². The second-order valence-electron chi connectivity index (χ2n) is 6.91. The van der Waals surface area contributed by atoms with Gasteiger partial charge in [-0.2, -0.15) is 0 Å². The van der Waals surface area contributed by atoms with Crippen molar-refractivity contribution in [3.8, 4) is 0 Å². The van der Waals surface area contributed by atoms with Gasteiger partial charge in [0.25, 0.3) is 0 Å². The average molecular weight is 278 g/mol. The van der Waals surface area contributed by atoms with Crippen molar-refractivity contribution < 1.29 is 0 Å². The molecule has 0 aromatic heterocycles. The molecule has 3 heteroatoms. The molecule has 0 spiro atoms. The molecule has 19 heavy (non-hydrogen) atoms. The van der Waals surface area contributed by atoms with Crippen molar-refractivity contribution in [1.29, 1.82) is 0 Å². The number of hydrogen-bond acceptors (Lipinski definition) is 2. The topological polar surface area (TPSA) is 24.4 Å². The van der Waals surface area contributed by atoms with Crippen LogP contribution in [0.2, 0.25) is 0 Å². The summed E-state index contributed by atoms with van der Waals surface area (Å²) in [4.78, 5) is 4.89. The SMILES string of the molecule is C=CCNC(=NCC12CC3CC(CC(C3)C1)C2)SC. The Bertz CT molecular complexity index is 340. The second-order valence-corrected chi connectivity index (χ2v) is 7.71. The maximum absolute atomic E-state index is 4.89. The largest absolute Gasteiger partial charge is 0.361 e. The molecule has 0 aliphatic heterocycles. The monoisotopic (exact) mass is 278 g/mol. The zero-order valence-electron chi connectivity index (χ0n) is 12.0. The summed E-state index contributed by atoms with van der Waals surface area (Å²) in [6.07, 6.45) is 12.9. The smallest absolute Gasteiger partial charge is 0.156 e. The van der Waals surface area contributed by atoms with Gasteiger partial charge in [0.15, 0.2) is 5.17 Å². The molecule has 0 aromatic carbocycles. The first kappa shape index (κ1) is 13.5. The highest BCUT2D eigenvalue weighted by Crippen LogP contribution is 2.60. The molecule has 0 amide bonds. The first-order chi connectivity index (χ1) is 9.23. The summed E-state index contributed by atoms with van der Waals surface area (Å²) in [5, 5.41) is 4.44. The van der Waals surface area contributed by atoms with Crippen molar-refractivity contribution in [1.82, 2.24) is 5.32 Å². The summed E-state index contributed by atoms with van der Waals surface area (Å²) < 4.78 is 0. The first-order valence-electron chi connectivity index (χ1n) is 7.66. The van der Waals surface area contributed by atoms with Crippen LogP contribution in [-0.4, -0.2) is 24.5 Å². The van der Waals surface area contributed by atoms with Gasteiger partial charge in [-0.3, -0.25) is 4.99 Å². The van der Waals surface area contributed by atoms with Crippen LogP contribution in [0.3, 0.4) is 0 Å². The van der Waals surface area contributed by atoms with Gasteiger partial charge in [-0.25, -0.2) is 0 Å². The van der Waals surface area contributed by atoms with Crippen LogP contribution in [0.15, 0.2) is 17.6 Å². The van der Waals surface area contributed by atoms with Crippen LogP contribution >= 0.6 is 11.8 Å². The molecule has 4 rings (SSSR count). The average Bonchev–Trinajstić information content (AvgIpc) is 2.37. The minimum absolute atomic E-state index is 0.561. The lowest BCUT2D eigenvalue weighted by atomic mass is 9.49. The molecular weight excluding hydrogens is 252 g/mol. The van der Waals surface area contributed by atoms with Gasteiger partial charge in [-0.1, -0.05) is 17.8 Å². The predicted molar refractivity (Wildman–Crippen MR) is 84.6 cm³/mol. The number of nitrogens with one attached hydrogen (secondary N) is 1. The maximum atomic E-state index is 4.89. The molecule has 1 N–H and O–H groups in total. The van der Waals surface area contributed by atoms with Crippen LogP contribution in [0, 0.1) is 23.2 Å². The van der Waals surface area contributed by atoms with E-state index >= 15 is 0 Å². The summed E-state index contributed by atoms with van der Waals surface area (Å²) in [6.45, 7) is 5.63. The molecule has 0 unspecified atom stereocenters. The van der Waals surface area contributed by atoms with Crippen molar-refractivity contribution in [3.63, 3.8) is 0 Å². The van der Waals surface area contributed by atoms with Crippen LogP contribution < -0.4 is 5.32 Å². The highest BCUT2D eigenvalue weighted by molar-refractivity contribution is 8.13. The standard InChI is InChI=1S/C16H26N2S/c1-3-4-17-15(19-2)18-11-16-8-12-5-13(9-16)7-14(6-12)10-16/h3,12-14H,1,4-11H2,2H3,(H,17,18). The Morgan fingerprint density at radius 2 is 1.84 bits per heavy atom. The maximum Gasteiger partial charge on any atom is 0.156 e. The summed E-state index contributed by atoms with van der Waals surface area (Å²) in [5.74, 6) is 3.08. The van der Waals surface area contributed by atoms with E-state index in [1.54, 1.807) is 11.8 Å². The van der Waals surface area contributed by atoms with E-state index in [2.05, 4.69) is 18.2 Å². The summed E-state index contributed by atoms with van der Waals surface area (Å²) in [7, 11) is 0. The van der Waals surface area contributed by atoms with Crippen molar-refractivity contribution in [2.45, 2.75) is 38.5 Å². The Hall–Kier alpha value is -0.440. The van der Waals surface area contributed by atoms with Crippen LogP contribution in [-0.2, 0) is 0 Å². The second kappa shape index (κ2) is 5.51. The minimum Gasteiger partial charge on any atom is -0.361 e. The quantitative estimate of drug-likeness (QED) is 0.482. The molecule has 4 aliphatic rings. The number of rotatable bonds is 4. The fraction of sp³-hybridized carbons (Fsp3) is 0.812. The van der Waals surface area contributed by atoms with Gasteiger partial charge in [0.05, 0.1) is 0 Å². The molecule has 0 atom stereocenters. The number of hydrogen-bond donors (Lipinski definition) is 1. The van der Waals surface area contributed by atoms with E-state index in [1.807, 2.05) is 6.08 Å². The van der Waals surface area contributed by atoms with E-state index in [0.29, 0.717) is 5.41 Å². The summed E-state index contributed by atoms with van der Waals surface area (Å²) >= 11 is 1.73. The molecule has 4 saturated carbocycles. The Morgan fingerprint density at radius 3 is 2.32 bits per heavy atom. The normalized spacial score (nSPS) is 40.5. The number of amidine groups is 1. The van der Waals surface area contributed by atoms with E-state index in [9.17, 15) is 0 Å². The number of nitrogens with zero attached hydrogens (tertiary/aromatic N) is 1. The van der Waals surface area contributed by atoms with Crippen molar-refractivity contribution in [3.05, 3.63) is 12.7 Å². The van der Waals surface area contributed by atoms with E-state index in [0.717, 1.165) is 36.0 Å². The van der Waals surface area contributed by atoms with E-state index in [-0.39, 0.29) is 0 Å². The molecule has 0 heterocycles. The summed E-state index contributed by atoms with van der Waals surface area (Å²) in [6, 6.07) is 0. The Balaban J connectivity index is 1.65. The Labute approximate surface area is 121 Å². The lowest BCUT2D eigenvalue weighted by molar-refractivity contribution is -0.0464. The van der Waals surface area contributed by atoms with Gasteiger partial charge in [0, 0.05) is 13.1 Å². The minimum atomic E-state index is 0.561. The number of thioether (sulfide) groups is 1. The van der Waals surface area contributed by atoms with Gasteiger partial charge in [-0.05, 0) is 67.9 Å². The van der Waals surface area contributed by atoms with Gasteiger partial charge in [0.1, 0.15) is 0 Å². The van der Waals surface area contributed by atoms with Gasteiger partial charge in [-0.15, -0.1) is 6.58 Å². The lowest BCUT2D eigenvalue weighted by Crippen LogP contribution is -2.47. The zero-order chi connectivity index (χ0) is 13.3. The third kappa shape index (κ3) is 2.86. The highest BCUT2D eigenvalue weighted by Gasteiger charge is 2.50. The molecule has 0 aromatic rings. The van der Waals surface area contributed by atoms with E-state index in [4.69, 9.17) is 4.99 Å². The van der Waals surface area contributed by atoms with Crippen molar-refractivity contribution in [2.24, 2.45) is 28.2 Å². The molecule has 4 aliphatic carbocycles. The molecule has 2 nitrogen and oxygen atoms in total. The van der Waals surface area contributed by atoms with Crippen LogP contribution in [0.1, 0.15) is 38.5 Å². The first-order valence-corrected chi connectivity index (χ1v) is 8.89. The molecule has 0 saturated heterocycles. The molecule has 106 valence electrons. The molecular formula is C16H26N2S. The van der Waals surface area contributed by atoms with Crippen molar-refractivity contribution >= 4 is 16.9 Å². The van der Waals surface area contributed by atoms with E-state index < -0.39 is 0 Å². The molecule has 4 fully saturated rings. The third-order valence-corrected chi connectivity index (χ3v) is 5.97. The Morgan fingerprint density at radius 1 is 1.26 bits per heavy atom.